The number of halogens is 1. The highest BCUT2D eigenvalue weighted by Crippen LogP contribution is 2.27. The molecular weight excluding hydrogens is 304 g/mol. The molecule has 21 heavy (non-hydrogen) atoms. The quantitative estimate of drug-likeness (QED) is 0.713. The topological polar surface area (TPSA) is 33.1 Å². The van der Waals surface area contributed by atoms with E-state index >= 15 is 0 Å². The van der Waals surface area contributed by atoms with Gasteiger partial charge in [0.1, 0.15) is 0 Å². The highest BCUT2D eigenvalue weighted by Gasteiger charge is 2.20. The average molecular weight is 333 g/mol. The molecule has 2 atom stereocenters. The fourth-order valence-corrected chi connectivity index (χ4v) is 3.36. The van der Waals surface area contributed by atoms with Crippen LogP contribution >= 0.6 is 23.4 Å². The van der Waals surface area contributed by atoms with Crippen molar-refractivity contribution < 1.29 is 0 Å². The van der Waals surface area contributed by atoms with Gasteiger partial charge in [0.05, 0.1) is 29.5 Å². The fourth-order valence-electron chi connectivity index (χ4n) is 2.05. The van der Waals surface area contributed by atoms with E-state index in [1.165, 1.54) is 6.42 Å². The van der Waals surface area contributed by atoms with Crippen LogP contribution in [0.2, 0.25) is 5.02 Å². The van der Waals surface area contributed by atoms with Gasteiger partial charge in [-0.1, -0.05) is 32.4 Å². The summed E-state index contributed by atoms with van der Waals surface area (Å²) in [5.74, 6) is 1.02. The predicted octanol–water partition coefficient (Wildman–Crippen LogP) is 3.28. The van der Waals surface area contributed by atoms with Crippen LogP contribution in [0.3, 0.4) is 0 Å². The second-order valence-corrected chi connectivity index (χ2v) is 7.45. The second-order valence-electron chi connectivity index (χ2n) is 5.57. The summed E-state index contributed by atoms with van der Waals surface area (Å²) >= 11 is 8.39. The van der Waals surface area contributed by atoms with E-state index in [9.17, 15) is 0 Å². The summed E-state index contributed by atoms with van der Waals surface area (Å²) in [7, 11) is 4.15. The van der Waals surface area contributed by atoms with Gasteiger partial charge in [0.2, 0.25) is 0 Å². The molecule has 0 aromatic carbocycles. The van der Waals surface area contributed by atoms with Gasteiger partial charge >= 0.3 is 0 Å². The first-order chi connectivity index (χ1) is 9.99. The molecule has 1 aromatic rings. The number of nitrogens with one attached hydrogen (secondary N) is 1. The van der Waals surface area contributed by atoms with Crippen molar-refractivity contribution in [2.24, 2.45) is 0 Å². The van der Waals surface area contributed by atoms with Gasteiger partial charge in [0.25, 0.3) is 0 Å². The molecule has 0 saturated carbocycles. The van der Waals surface area contributed by atoms with Crippen molar-refractivity contribution in [1.29, 1.82) is 0 Å². The van der Waals surface area contributed by atoms with Crippen LogP contribution in [0.5, 0.6) is 0 Å². The number of nitrogens with zero attached hydrogens (tertiary/aromatic N) is 3. The zero-order chi connectivity index (χ0) is 15.8. The van der Waals surface area contributed by atoms with Gasteiger partial charge < -0.3 is 10.2 Å². The molecule has 1 N–H and O–H groups in total. The number of aromatic nitrogens is 2. The summed E-state index contributed by atoms with van der Waals surface area (Å²) < 4.78 is 2.05. The van der Waals surface area contributed by atoms with Gasteiger partial charge in [0, 0.05) is 17.5 Å². The number of hydrogen-bond acceptors (Lipinski definition) is 4. The van der Waals surface area contributed by atoms with Crippen LogP contribution in [0.25, 0.3) is 0 Å². The molecule has 4 nitrogen and oxygen atoms in total. The SMILES string of the molecule is CCNC(CSC(C)CC)c1c(Cl)cnn1CCN(C)C. The minimum Gasteiger partial charge on any atom is -0.308 e. The zero-order valence-corrected chi connectivity index (χ0v) is 15.5. The first kappa shape index (κ1) is 18.8. The first-order valence-corrected chi connectivity index (χ1v) is 9.13. The van der Waals surface area contributed by atoms with E-state index in [2.05, 4.69) is 50.2 Å². The third-order valence-electron chi connectivity index (χ3n) is 3.50. The Morgan fingerprint density at radius 3 is 2.71 bits per heavy atom. The Hall–Kier alpha value is -0.230. The van der Waals surface area contributed by atoms with E-state index in [0.717, 1.165) is 36.1 Å². The molecule has 0 radical (unpaired) electrons. The summed E-state index contributed by atoms with van der Waals surface area (Å²) in [4.78, 5) is 2.16. The lowest BCUT2D eigenvalue weighted by Crippen LogP contribution is -2.28. The number of likely N-dealkylation sites (N-methyl/N-ethyl adjacent to an activating group) is 1. The molecule has 0 aliphatic carbocycles. The van der Waals surface area contributed by atoms with E-state index in [1.54, 1.807) is 6.20 Å². The summed E-state index contributed by atoms with van der Waals surface area (Å²) in [5.41, 5.74) is 1.12. The summed E-state index contributed by atoms with van der Waals surface area (Å²) in [6.45, 7) is 9.40. The molecule has 0 spiro atoms. The molecule has 122 valence electrons. The van der Waals surface area contributed by atoms with Crippen molar-refractivity contribution in [3.05, 3.63) is 16.9 Å². The third kappa shape index (κ3) is 6.19. The molecule has 0 aliphatic rings. The van der Waals surface area contributed by atoms with Crippen LogP contribution in [0, 0.1) is 0 Å². The van der Waals surface area contributed by atoms with Gasteiger partial charge in [-0.25, -0.2) is 0 Å². The molecule has 0 saturated heterocycles. The van der Waals surface area contributed by atoms with Crippen LogP contribution in [0.15, 0.2) is 6.20 Å². The van der Waals surface area contributed by atoms with Gasteiger partial charge in [-0.05, 0) is 27.1 Å². The maximum absolute atomic E-state index is 6.39. The second kappa shape index (κ2) is 9.72. The highest BCUT2D eigenvalue weighted by molar-refractivity contribution is 7.99. The molecule has 0 fully saturated rings. The highest BCUT2D eigenvalue weighted by atomic mass is 35.5. The Kier molecular flexibility index (Phi) is 8.71. The van der Waals surface area contributed by atoms with Crippen molar-refractivity contribution in [3.8, 4) is 0 Å². The third-order valence-corrected chi connectivity index (χ3v) is 5.21. The number of rotatable bonds is 10. The molecule has 0 amide bonds. The fraction of sp³-hybridized carbons (Fsp3) is 0.800. The molecule has 1 rings (SSSR count). The molecular formula is C15H29ClN4S. The standard InChI is InChI=1S/C15H29ClN4S/c1-6-12(3)21-11-14(17-7-2)15-13(16)10-18-20(15)9-8-19(4)5/h10,12,14,17H,6-9,11H2,1-5H3. The average Bonchev–Trinajstić information content (AvgIpc) is 2.81. The smallest absolute Gasteiger partial charge is 0.0834 e. The van der Waals surface area contributed by atoms with Crippen molar-refractivity contribution in [2.45, 2.75) is 45.0 Å². The van der Waals surface area contributed by atoms with E-state index in [4.69, 9.17) is 11.6 Å². The van der Waals surface area contributed by atoms with Crippen molar-refractivity contribution in [2.75, 3.05) is 32.9 Å². The van der Waals surface area contributed by atoms with Crippen LogP contribution in [0.1, 0.15) is 38.9 Å². The molecule has 2 unspecified atom stereocenters. The number of hydrogen-bond donors (Lipinski definition) is 1. The maximum atomic E-state index is 6.39. The minimum absolute atomic E-state index is 0.256. The summed E-state index contributed by atoms with van der Waals surface area (Å²) in [5, 5.41) is 9.44. The van der Waals surface area contributed by atoms with Crippen molar-refractivity contribution in [1.82, 2.24) is 20.0 Å². The Morgan fingerprint density at radius 1 is 1.43 bits per heavy atom. The molecule has 1 heterocycles. The van der Waals surface area contributed by atoms with Gasteiger partial charge in [-0.15, -0.1) is 0 Å². The lowest BCUT2D eigenvalue weighted by Gasteiger charge is -2.22. The Morgan fingerprint density at radius 2 is 2.14 bits per heavy atom. The van der Waals surface area contributed by atoms with E-state index in [-0.39, 0.29) is 6.04 Å². The minimum atomic E-state index is 0.256. The Bertz CT molecular complexity index is 408. The van der Waals surface area contributed by atoms with Crippen LogP contribution in [-0.2, 0) is 6.54 Å². The van der Waals surface area contributed by atoms with Crippen molar-refractivity contribution in [3.63, 3.8) is 0 Å². The van der Waals surface area contributed by atoms with Crippen LogP contribution in [-0.4, -0.2) is 52.9 Å². The lowest BCUT2D eigenvalue weighted by molar-refractivity contribution is 0.364. The summed E-state index contributed by atoms with van der Waals surface area (Å²) in [6.07, 6.45) is 2.96. The van der Waals surface area contributed by atoms with Crippen LogP contribution in [0.4, 0.5) is 0 Å². The molecule has 6 heteroatoms. The van der Waals surface area contributed by atoms with Crippen molar-refractivity contribution >= 4 is 23.4 Å². The molecule has 0 bridgehead atoms. The molecule has 0 aliphatic heterocycles. The number of thioether (sulfide) groups is 1. The lowest BCUT2D eigenvalue weighted by atomic mass is 10.2. The van der Waals surface area contributed by atoms with Gasteiger partial charge in [0.15, 0.2) is 0 Å². The Labute approximate surface area is 138 Å². The summed E-state index contributed by atoms with van der Waals surface area (Å²) in [6, 6.07) is 0.256. The van der Waals surface area contributed by atoms with E-state index < -0.39 is 0 Å². The predicted molar refractivity (Wildman–Crippen MR) is 94.4 cm³/mol. The van der Waals surface area contributed by atoms with Crippen LogP contribution < -0.4 is 5.32 Å². The first-order valence-electron chi connectivity index (χ1n) is 7.70. The van der Waals surface area contributed by atoms with Gasteiger partial charge in [-0.2, -0.15) is 16.9 Å². The normalized spacial score (nSPS) is 14.6. The van der Waals surface area contributed by atoms with Gasteiger partial charge in [-0.3, -0.25) is 4.68 Å². The van der Waals surface area contributed by atoms with E-state index in [0.29, 0.717) is 5.25 Å². The molecule has 1 aromatic heterocycles. The monoisotopic (exact) mass is 332 g/mol. The maximum Gasteiger partial charge on any atom is 0.0834 e. The zero-order valence-electron chi connectivity index (χ0n) is 13.9. The Balaban J connectivity index is 2.82. The van der Waals surface area contributed by atoms with E-state index in [1.807, 2.05) is 16.4 Å². The largest absolute Gasteiger partial charge is 0.308 e.